The summed E-state index contributed by atoms with van der Waals surface area (Å²) in [5.74, 6) is -0.0673. The van der Waals surface area contributed by atoms with E-state index in [-0.39, 0.29) is 48.8 Å². The van der Waals surface area contributed by atoms with E-state index >= 15 is 0 Å². The third kappa shape index (κ3) is 8.34. The van der Waals surface area contributed by atoms with Crippen molar-refractivity contribution in [3.8, 4) is 11.5 Å². The predicted octanol–water partition coefficient (Wildman–Crippen LogP) is 4.96. The highest BCUT2D eigenvalue weighted by Crippen LogP contribution is 2.38. The fourth-order valence-electron chi connectivity index (χ4n) is 3.90. The van der Waals surface area contributed by atoms with Crippen molar-refractivity contribution < 1.29 is 38.2 Å². The number of ether oxygens (including phenoxy) is 3. The van der Waals surface area contributed by atoms with Crippen molar-refractivity contribution in [1.82, 2.24) is 5.32 Å². The minimum atomic E-state index is -2.99. The predicted molar refractivity (Wildman–Crippen MR) is 135 cm³/mol. The van der Waals surface area contributed by atoms with Crippen molar-refractivity contribution in [1.29, 1.82) is 0 Å². The number of piperidine rings is 1. The van der Waals surface area contributed by atoms with Gasteiger partial charge in [0.1, 0.15) is 16.1 Å². The first-order chi connectivity index (χ1) is 16.4. The first-order valence-electron chi connectivity index (χ1n) is 11.4. The monoisotopic (exact) mass is 566 g/mol. The van der Waals surface area contributed by atoms with E-state index in [4.69, 9.17) is 32.7 Å². The maximum Gasteiger partial charge on any atom is 0.387 e. The zero-order valence-corrected chi connectivity index (χ0v) is 22.0. The van der Waals surface area contributed by atoms with Crippen LogP contribution in [-0.2, 0) is 16.0 Å². The smallest absolute Gasteiger partial charge is 0.387 e. The third-order valence-corrected chi connectivity index (χ3v) is 6.68. The number of carbonyl (C=O) groups is 1. The summed E-state index contributed by atoms with van der Waals surface area (Å²) >= 11 is 12.7. The van der Waals surface area contributed by atoms with Crippen molar-refractivity contribution in [2.45, 2.75) is 44.8 Å². The van der Waals surface area contributed by atoms with E-state index in [1.807, 2.05) is 0 Å². The number of carbonyl (C=O) groups excluding carboxylic acids is 1. The number of nitrogens with one attached hydrogen (secondary N) is 2. The van der Waals surface area contributed by atoms with Crippen molar-refractivity contribution in [2.75, 3.05) is 19.7 Å². The Hall–Kier alpha value is -1.85. The van der Waals surface area contributed by atoms with Crippen LogP contribution in [0.5, 0.6) is 11.5 Å². The molecule has 0 unspecified atom stereocenters. The normalized spacial score (nSPS) is 18.0. The van der Waals surface area contributed by atoms with Crippen LogP contribution in [0.15, 0.2) is 30.6 Å². The fourth-order valence-corrected chi connectivity index (χ4v) is 4.43. The van der Waals surface area contributed by atoms with Crippen molar-refractivity contribution in [2.24, 2.45) is 11.8 Å². The second kappa shape index (κ2) is 14.2. The summed E-state index contributed by atoms with van der Waals surface area (Å²) in [5, 5.41) is 4.01. The summed E-state index contributed by atoms with van der Waals surface area (Å²) < 4.78 is 42.3. The Morgan fingerprint density at radius 2 is 1.86 bits per heavy atom. The molecule has 2 aromatic rings. The molecule has 2 fully saturated rings. The number of benzene rings is 1. The van der Waals surface area contributed by atoms with E-state index < -0.39 is 12.7 Å². The van der Waals surface area contributed by atoms with E-state index in [0.717, 1.165) is 32.2 Å². The second-order valence-corrected chi connectivity index (χ2v) is 9.46. The van der Waals surface area contributed by atoms with Crippen LogP contribution in [0.3, 0.4) is 0 Å². The molecule has 200 valence electrons. The maximum absolute atomic E-state index is 13.0. The molecule has 2 aliphatic rings. The standard InChI is InChI=1S/C24H26Cl2F2N2O4.H2O.H2S/c25-18-11-30-12-19(26)17(18)9-21(33-23(31)16-2-1-7-29-10-16)15-5-6-20(34-24(27)28)22(8-15)32-13-14-3-4-14;;/h5-6,8,11-12,14,16,21,24,29H,1-4,7,9-10,13H2;2*1H2/t16-,21-;;/m0../s1. The van der Waals surface area contributed by atoms with Gasteiger partial charge in [0.05, 0.1) is 12.5 Å². The number of rotatable bonds is 10. The van der Waals surface area contributed by atoms with Gasteiger partial charge in [0.25, 0.3) is 0 Å². The number of aromatic nitrogens is 1. The number of hydrogen-bond donors (Lipinski definition) is 1. The first-order valence-corrected chi connectivity index (χ1v) is 12.1. The van der Waals surface area contributed by atoms with Crippen LogP contribution in [-0.4, -0.2) is 37.8 Å². The van der Waals surface area contributed by atoms with Gasteiger partial charge in [0.15, 0.2) is 23.9 Å². The van der Waals surface area contributed by atoms with E-state index in [9.17, 15) is 13.6 Å². The minimum Gasteiger partial charge on any atom is -0.870 e. The number of alkyl halides is 2. The molecule has 2 heterocycles. The molecule has 1 aromatic carbocycles. The molecule has 7 nitrogen and oxygen atoms in total. The molecule has 4 rings (SSSR count). The second-order valence-electron chi connectivity index (χ2n) is 8.64. The van der Waals surface area contributed by atoms with Gasteiger partial charge in [-0.3, -0.25) is 4.79 Å². The maximum atomic E-state index is 13.0. The highest BCUT2D eigenvalue weighted by molar-refractivity contribution is 7.59. The lowest BCUT2D eigenvalue weighted by Crippen LogP contribution is -2.36. The summed E-state index contributed by atoms with van der Waals surface area (Å²) in [4.78, 5) is 15.8. The average molecular weight is 567 g/mol. The molecule has 1 aromatic heterocycles. The molecular weight excluding hydrogens is 537 g/mol. The Morgan fingerprint density at radius 3 is 2.47 bits per heavy atom. The molecular formula is C24H30Cl2F2N2O5S. The van der Waals surface area contributed by atoms with Crippen LogP contribution in [0, 0.1) is 11.8 Å². The Labute approximate surface area is 225 Å². The summed E-state index contributed by atoms with van der Waals surface area (Å²) in [6, 6.07) is 4.60. The molecule has 1 aliphatic heterocycles. The van der Waals surface area contributed by atoms with E-state index in [1.165, 1.54) is 6.07 Å². The lowest BCUT2D eigenvalue weighted by Gasteiger charge is -2.26. The molecule has 36 heavy (non-hydrogen) atoms. The molecule has 3 N–H and O–H groups in total. The first kappa shape index (κ1) is 30.4. The van der Waals surface area contributed by atoms with Gasteiger partial charge < -0.3 is 25.0 Å². The Kier molecular flexibility index (Phi) is 12.0. The van der Waals surface area contributed by atoms with Gasteiger partial charge in [-0.2, -0.15) is 22.3 Å². The summed E-state index contributed by atoms with van der Waals surface area (Å²) in [5.41, 5.74) is 1.18. The van der Waals surface area contributed by atoms with Crippen molar-refractivity contribution in [3.63, 3.8) is 0 Å². The number of esters is 1. The van der Waals surface area contributed by atoms with Gasteiger partial charge in [0, 0.05) is 18.5 Å². The minimum absolute atomic E-state index is 0. The van der Waals surface area contributed by atoms with E-state index in [2.05, 4.69) is 15.0 Å². The number of H-pyrrole nitrogens is 1. The van der Waals surface area contributed by atoms with Crippen molar-refractivity contribution >= 4 is 42.7 Å². The molecule has 2 atom stereocenters. The Morgan fingerprint density at radius 1 is 1.14 bits per heavy atom. The lowest BCUT2D eigenvalue weighted by atomic mass is 9.98. The van der Waals surface area contributed by atoms with Crippen LogP contribution < -0.4 is 19.8 Å². The Balaban J connectivity index is 0.00000228. The third-order valence-electron chi connectivity index (χ3n) is 6.00. The largest absolute Gasteiger partial charge is 0.870 e. The molecule has 12 heteroatoms. The highest BCUT2D eigenvalue weighted by atomic mass is 35.5. The van der Waals surface area contributed by atoms with Crippen LogP contribution in [0.2, 0.25) is 10.0 Å². The van der Waals surface area contributed by atoms with Gasteiger partial charge in [-0.1, -0.05) is 29.3 Å². The zero-order valence-electron chi connectivity index (χ0n) is 19.4. The van der Waals surface area contributed by atoms with Gasteiger partial charge >= 0.3 is 12.6 Å². The highest BCUT2D eigenvalue weighted by Gasteiger charge is 2.29. The Bertz CT molecular complexity index is 990. The number of halogens is 4. The summed E-state index contributed by atoms with van der Waals surface area (Å²) in [6.07, 6.45) is 6.34. The van der Waals surface area contributed by atoms with Crippen LogP contribution >= 0.6 is 36.7 Å². The zero-order chi connectivity index (χ0) is 24.1. The summed E-state index contributed by atoms with van der Waals surface area (Å²) in [6.45, 7) is -1.16. The van der Waals surface area contributed by atoms with E-state index in [1.54, 1.807) is 24.5 Å². The molecule has 1 saturated heterocycles. The van der Waals surface area contributed by atoms with Gasteiger partial charge in [-0.05, 0) is 55.8 Å². The molecule has 0 bridgehead atoms. The quantitative estimate of drug-likeness (QED) is 0.408. The fraction of sp³-hybridized carbons (Fsp3) is 0.500. The van der Waals surface area contributed by atoms with Gasteiger partial charge in [-0.25, -0.2) is 4.98 Å². The number of pyridine rings is 1. The van der Waals surface area contributed by atoms with Crippen LogP contribution in [0.4, 0.5) is 8.78 Å². The topological polar surface area (TPSA) is 101 Å². The van der Waals surface area contributed by atoms with Crippen LogP contribution in [0.25, 0.3) is 0 Å². The molecule has 0 amide bonds. The van der Waals surface area contributed by atoms with Crippen molar-refractivity contribution in [3.05, 3.63) is 51.8 Å². The number of aromatic amines is 1. The lowest BCUT2D eigenvalue weighted by molar-refractivity contribution is -0.377. The molecule has 0 spiro atoms. The molecule has 0 radical (unpaired) electrons. The van der Waals surface area contributed by atoms with E-state index in [0.29, 0.717) is 40.2 Å². The van der Waals surface area contributed by atoms with Crippen LogP contribution in [0.1, 0.15) is 42.9 Å². The SMILES string of the molecule is O=C(O[C@@H](Cc1c(Cl)c[nH+]cc1Cl)c1ccc(OC(F)F)c(OCC2CC2)c1)[C@H]1CCCNC1.S.[OH-]. The summed E-state index contributed by atoms with van der Waals surface area (Å²) in [7, 11) is 0. The molecule has 1 aliphatic carbocycles. The van der Waals surface area contributed by atoms with Gasteiger partial charge in [-0.15, -0.1) is 0 Å². The molecule has 1 saturated carbocycles. The number of hydrogen-bond acceptors (Lipinski definition) is 6. The van der Waals surface area contributed by atoms with Gasteiger partial charge in [0.2, 0.25) is 0 Å². The average Bonchev–Trinajstić information content (AvgIpc) is 3.65.